The van der Waals surface area contributed by atoms with Crippen LogP contribution in [0.15, 0.2) is 22.7 Å². The van der Waals surface area contributed by atoms with E-state index in [0.717, 1.165) is 0 Å². The summed E-state index contributed by atoms with van der Waals surface area (Å²) in [5, 5.41) is -0.630. The molecule has 0 amide bonds. The van der Waals surface area contributed by atoms with Crippen LogP contribution in [0.2, 0.25) is 0 Å². The number of hydrogen-bond acceptors (Lipinski definition) is 1. The van der Waals surface area contributed by atoms with Gasteiger partial charge in [-0.3, -0.25) is 4.79 Å². The molecule has 1 rings (SSSR count). The standard InChI is InChI=1S/C10H9BrClFO/c1-6(12)10(14)7-3-2-4-9(11)8(7)5-13/h2-4,6H,5H2,1H3. The van der Waals surface area contributed by atoms with Crippen LogP contribution in [0.1, 0.15) is 22.8 Å². The summed E-state index contributed by atoms with van der Waals surface area (Å²) in [6, 6.07) is 4.97. The molecule has 0 N–H and O–H groups in total. The fraction of sp³-hybridized carbons (Fsp3) is 0.300. The highest BCUT2D eigenvalue weighted by Crippen LogP contribution is 2.23. The van der Waals surface area contributed by atoms with Crippen molar-refractivity contribution >= 4 is 33.3 Å². The first kappa shape index (κ1) is 11.7. The smallest absolute Gasteiger partial charge is 0.180 e. The van der Waals surface area contributed by atoms with Crippen molar-refractivity contribution in [2.75, 3.05) is 0 Å². The molecular weight excluding hydrogens is 270 g/mol. The molecule has 0 heterocycles. The van der Waals surface area contributed by atoms with Crippen LogP contribution < -0.4 is 0 Å². The van der Waals surface area contributed by atoms with Gasteiger partial charge in [0, 0.05) is 15.6 Å². The molecule has 76 valence electrons. The quantitative estimate of drug-likeness (QED) is 0.609. The molecule has 0 saturated carbocycles. The van der Waals surface area contributed by atoms with Crippen molar-refractivity contribution in [3.8, 4) is 0 Å². The molecule has 4 heteroatoms. The zero-order valence-electron chi connectivity index (χ0n) is 7.56. The Bertz CT molecular complexity index is 352. The van der Waals surface area contributed by atoms with E-state index >= 15 is 0 Å². The molecule has 0 radical (unpaired) electrons. The minimum atomic E-state index is -0.674. The monoisotopic (exact) mass is 278 g/mol. The van der Waals surface area contributed by atoms with Gasteiger partial charge in [-0.25, -0.2) is 4.39 Å². The van der Waals surface area contributed by atoms with Crippen LogP contribution >= 0.6 is 27.5 Å². The Morgan fingerprint density at radius 2 is 2.29 bits per heavy atom. The molecule has 1 nitrogen and oxygen atoms in total. The van der Waals surface area contributed by atoms with Crippen LogP contribution in [0.5, 0.6) is 0 Å². The van der Waals surface area contributed by atoms with E-state index in [1.807, 2.05) is 0 Å². The van der Waals surface area contributed by atoms with Gasteiger partial charge in [0.05, 0.1) is 5.38 Å². The molecule has 0 saturated heterocycles. The molecule has 1 aromatic rings. The highest BCUT2D eigenvalue weighted by Gasteiger charge is 2.17. The average molecular weight is 280 g/mol. The molecule has 0 aliphatic heterocycles. The van der Waals surface area contributed by atoms with Gasteiger partial charge in [-0.2, -0.15) is 0 Å². The van der Waals surface area contributed by atoms with E-state index in [1.54, 1.807) is 25.1 Å². The summed E-state index contributed by atoms with van der Waals surface area (Å²) in [6.07, 6.45) is 0. The Balaban J connectivity index is 3.20. The van der Waals surface area contributed by atoms with E-state index in [-0.39, 0.29) is 5.78 Å². The van der Waals surface area contributed by atoms with E-state index in [2.05, 4.69) is 15.9 Å². The van der Waals surface area contributed by atoms with Crippen LogP contribution in [0.4, 0.5) is 4.39 Å². The number of benzene rings is 1. The van der Waals surface area contributed by atoms with Crippen molar-refractivity contribution in [3.63, 3.8) is 0 Å². The van der Waals surface area contributed by atoms with Crippen molar-refractivity contribution in [1.82, 2.24) is 0 Å². The van der Waals surface area contributed by atoms with Gasteiger partial charge in [-0.05, 0) is 13.0 Å². The van der Waals surface area contributed by atoms with E-state index < -0.39 is 12.1 Å². The summed E-state index contributed by atoms with van der Waals surface area (Å²) >= 11 is 8.85. The van der Waals surface area contributed by atoms with Crippen molar-refractivity contribution in [3.05, 3.63) is 33.8 Å². The van der Waals surface area contributed by atoms with E-state index in [0.29, 0.717) is 15.6 Å². The van der Waals surface area contributed by atoms with Crippen molar-refractivity contribution in [2.24, 2.45) is 0 Å². The van der Waals surface area contributed by atoms with Crippen molar-refractivity contribution in [2.45, 2.75) is 19.0 Å². The topological polar surface area (TPSA) is 17.1 Å². The predicted molar refractivity (Wildman–Crippen MR) is 58.6 cm³/mol. The summed E-state index contributed by atoms with van der Waals surface area (Å²) < 4.78 is 13.2. The molecule has 1 unspecified atom stereocenters. The highest BCUT2D eigenvalue weighted by atomic mass is 79.9. The number of ketones is 1. The summed E-state index contributed by atoms with van der Waals surface area (Å²) in [5.41, 5.74) is 0.717. The molecule has 0 fully saturated rings. The molecular formula is C10H9BrClFO. The normalized spacial score (nSPS) is 12.6. The minimum Gasteiger partial charge on any atom is -0.293 e. The second kappa shape index (κ2) is 4.89. The summed E-state index contributed by atoms with van der Waals surface area (Å²) in [6.45, 7) is 0.902. The molecule has 1 atom stereocenters. The predicted octanol–water partition coefficient (Wildman–Crippen LogP) is 3.73. The van der Waals surface area contributed by atoms with Gasteiger partial charge in [0.1, 0.15) is 6.67 Å². The zero-order chi connectivity index (χ0) is 10.7. The number of halogens is 3. The van der Waals surface area contributed by atoms with Gasteiger partial charge < -0.3 is 0 Å². The Morgan fingerprint density at radius 1 is 1.64 bits per heavy atom. The number of hydrogen-bond donors (Lipinski definition) is 0. The molecule has 0 spiro atoms. The van der Waals surface area contributed by atoms with E-state index in [9.17, 15) is 9.18 Å². The third-order valence-electron chi connectivity index (χ3n) is 1.88. The maximum atomic E-state index is 12.6. The largest absolute Gasteiger partial charge is 0.293 e. The summed E-state index contributed by atoms with van der Waals surface area (Å²) in [4.78, 5) is 11.6. The van der Waals surface area contributed by atoms with Crippen LogP contribution in [-0.2, 0) is 6.67 Å². The Morgan fingerprint density at radius 3 is 2.79 bits per heavy atom. The van der Waals surface area contributed by atoms with Crippen LogP contribution in [0, 0.1) is 0 Å². The lowest BCUT2D eigenvalue weighted by Crippen LogP contribution is -2.13. The summed E-state index contributed by atoms with van der Waals surface area (Å²) in [7, 11) is 0. The lowest BCUT2D eigenvalue weighted by atomic mass is 10.0. The first-order valence-electron chi connectivity index (χ1n) is 4.09. The number of alkyl halides is 2. The van der Waals surface area contributed by atoms with Crippen molar-refractivity contribution < 1.29 is 9.18 Å². The third-order valence-corrected chi connectivity index (χ3v) is 2.82. The average Bonchev–Trinajstić information content (AvgIpc) is 2.16. The maximum Gasteiger partial charge on any atom is 0.180 e. The molecule has 0 bridgehead atoms. The van der Waals surface area contributed by atoms with Gasteiger partial charge in [0.15, 0.2) is 5.78 Å². The fourth-order valence-electron chi connectivity index (χ4n) is 1.14. The number of Topliss-reactive ketones (excluding diaryl/α,β-unsaturated/α-hetero) is 1. The second-order valence-electron chi connectivity index (χ2n) is 2.88. The number of carbonyl (C=O) groups is 1. The minimum absolute atomic E-state index is 0.249. The van der Waals surface area contributed by atoms with E-state index in [1.165, 1.54) is 0 Å². The number of rotatable bonds is 3. The Kier molecular flexibility index (Phi) is 4.08. The SMILES string of the molecule is CC(Cl)C(=O)c1cccc(Br)c1CF. The fourth-order valence-corrected chi connectivity index (χ4v) is 1.73. The Labute approximate surface area is 95.4 Å². The molecule has 1 aromatic carbocycles. The highest BCUT2D eigenvalue weighted by molar-refractivity contribution is 9.10. The number of carbonyl (C=O) groups excluding carboxylic acids is 1. The van der Waals surface area contributed by atoms with Gasteiger partial charge in [-0.15, -0.1) is 11.6 Å². The first-order chi connectivity index (χ1) is 6.57. The van der Waals surface area contributed by atoms with Crippen LogP contribution in [0.25, 0.3) is 0 Å². The summed E-state index contributed by atoms with van der Waals surface area (Å²) in [5.74, 6) is -0.249. The maximum absolute atomic E-state index is 12.6. The first-order valence-corrected chi connectivity index (χ1v) is 5.32. The molecule has 14 heavy (non-hydrogen) atoms. The van der Waals surface area contributed by atoms with Crippen molar-refractivity contribution in [1.29, 1.82) is 0 Å². The van der Waals surface area contributed by atoms with Gasteiger partial charge in [0.25, 0.3) is 0 Å². The lowest BCUT2D eigenvalue weighted by Gasteiger charge is -2.08. The van der Waals surface area contributed by atoms with Gasteiger partial charge >= 0.3 is 0 Å². The third kappa shape index (κ3) is 2.34. The van der Waals surface area contributed by atoms with Gasteiger partial charge in [0.2, 0.25) is 0 Å². The second-order valence-corrected chi connectivity index (χ2v) is 4.39. The molecule has 0 aliphatic carbocycles. The van der Waals surface area contributed by atoms with Gasteiger partial charge in [-0.1, -0.05) is 28.1 Å². The van der Waals surface area contributed by atoms with Crippen LogP contribution in [-0.4, -0.2) is 11.2 Å². The zero-order valence-corrected chi connectivity index (χ0v) is 9.90. The van der Waals surface area contributed by atoms with Crippen LogP contribution in [0.3, 0.4) is 0 Å². The molecule has 0 aromatic heterocycles. The lowest BCUT2D eigenvalue weighted by molar-refractivity contribution is 0.0990. The molecule has 0 aliphatic rings. The Hall–Kier alpha value is -0.410. The van der Waals surface area contributed by atoms with E-state index in [4.69, 9.17) is 11.6 Å².